The fourth-order valence-electron chi connectivity index (χ4n) is 1.76. The van der Waals surface area contributed by atoms with E-state index in [4.69, 9.17) is 0 Å². The van der Waals surface area contributed by atoms with Crippen LogP contribution in [0.15, 0.2) is 15.8 Å². The maximum absolute atomic E-state index is 11.7. The third-order valence-corrected chi connectivity index (χ3v) is 2.65. The van der Waals surface area contributed by atoms with Gasteiger partial charge < -0.3 is 0 Å². The quantitative estimate of drug-likeness (QED) is 0.817. The third kappa shape index (κ3) is 2.24. The molecule has 0 fully saturated rings. The molecule has 0 saturated carbocycles. The van der Waals surface area contributed by atoms with Crippen LogP contribution < -0.4 is 11.2 Å². The van der Waals surface area contributed by atoms with Crippen molar-refractivity contribution in [1.82, 2.24) is 24.3 Å². The molecule has 0 radical (unpaired) electrons. The van der Waals surface area contributed by atoms with Crippen molar-refractivity contribution >= 4 is 0 Å². The highest BCUT2D eigenvalue weighted by Crippen LogP contribution is 2.00. The Labute approximate surface area is 103 Å². The Morgan fingerprint density at radius 3 is 2.72 bits per heavy atom. The van der Waals surface area contributed by atoms with Gasteiger partial charge in [-0.25, -0.2) is 14.5 Å². The molecule has 96 valence electrons. The number of hydrogen-bond acceptors (Lipinski definition) is 4. The molecule has 0 bridgehead atoms. The van der Waals surface area contributed by atoms with Crippen LogP contribution in [0, 0.1) is 13.8 Å². The summed E-state index contributed by atoms with van der Waals surface area (Å²) < 4.78 is 3.16. The van der Waals surface area contributed by atoms with Crippen LogP contribution in [0.1, 0.15) is 24.1 Å². The SMILES string of the molecule is CCn1nc(C)nc1Cn1cc(C)c(=O)[nH]c1=O. The number of nitrogens with zero attached hydrogens (tertiary/aromatic N) is 4. The van der Waals surface area contributed by atoms with E-state index in [9.17, 15) is 9.59 Å². The molecular weight excluding hydrogens is 234 g/mol. The molecule has 0 unspecified atom stereocenters. The predicted octanol–water partition coefficient (Wildman–Crippen LogP) is -0.187. The molecule has 18 heavy (non-hydrogen) atoms. The van der Waals surface area contributed by atoms with Crippen LogP contribution in [0.2, 0.25) is 0 Å². The van der Waals surface area contributed by atoms with E-state index in [1.165, 1.54) is 10.8 Å². The lowest BCUT2D eigenvalue weighted by Crippen LogP contribution is -2.31. The summed E-state index contributed by atoms with van der Waals surface area (Å²) in [4.78, 5) is 29.5. The monoisotopic (exact) mass is 249 g/mol. The minimum absolute atomic E-state index is 0.297. The van der Waals surface area contributed by atoms with E-state index >= 15 is 0 Å². The summed E-state index contributed by atoms with van der Waals surface area (Å²) in [7, 11) is 0. The highest BCUT2D eigenvalue weighted by molar-refractivity contribution is 5.02. The van der Waals surface area contributed by atoms with E-state index < -0.39 is 5.69 Å². The Kier molecular flexibility index (Phi) is 3.14. The van der Waals surface area contributed by atoms with Crippen molar-refractivity contribution in [2.75, 3.05) is 0 Å². The van der Waals surface area contributed by atoms with E-state index in [2.05, 4.69) is 15.1 Å². The van der Waals surface area contributed by atoms with Crippen molar-refractivity contribution in [1.29, 1.82) is 0 Å². The topological polar surface area (TPSA) is 85.6 Å². The molecule has 1 N–H and O–H groups in total. The average molecular weight is 249 g/mol. The highest BCUT2D eigenvalue weighted by atomic mass is 16.2. The number of aromatic amines is 1. The summed E-state index contributed by atoms with van der Waals surface area (Å²) in [6.45, 7) is 6.40. The number of rotatable bonds is 3. The lowest BCUT2D eigenvalue weighted by atomic mass is 10.4. The second-order valence-electron chi connectivity index (χ2n) is 4.09. The Balaban J connectivity index is 2.42. The van der Waals surface area contributed by atoms with Gasteiger partial charge in [0, 0.05) is 18.3 Å². The number of aromatic nitrogens is 5. The molecule has 0 aliphatic carbocycles. The molecule has 0 aromatic carbocycles. The minimum atomic E-state index is -0.436. The Hall–Kier alpha value is -2.18. The molecule has 2 heterocycles. The van der Waals surface area contributed by atoms with Gasteiger partial charge in [0.25, 0.3) is 5.56 Å². The van der Waals surface area contributed by atoms with Gasteiger partial charge in [0.2, 0.25) is 0 Å². The van der Waals surface area contributed by atoms with Gasteiger partial charge in [-0.2, -0.15) is 5.10 Å². The lowest BCUT2D eigenvalue weighted by molar-refractivity contribution is 0.577. The van der Waals surface area contributed by atoms with Crippen LogP contribution in [0.5, 0.6) is 0 Å². The van der Waals surface area contributed by atoms with E-state index in [-0.39, 0.29) is 5.56 Å². The molecule has 0 aliphatic heterocycles. The fourth-order valence-corrected chi connectivity index (χ4v) is 1.76. The minimum Gasteiger partial charge on any atom is -0.293 e. The maximum atomic E-state index is 11.7. The third-order valence-electron chi connectivity index (χ3n) is 2.65. The van der Waals surface area contributed by atoms with Crippen LogP contribution in [0.3, 0.4) is 0 Å². The normalized spacial score (nSPS) is 10.8. The van der Waals surface area contributed by atoms with Gasteiger partial charge in [0.1, 0.15) is 11.6 Å². The summed E-state index contributed by atoms with van der Waals surface area (Å²) in [6, 6.07) is 0. The Morgan fingerprint density at radius 1 is 1.33 bits per heavy atom. The molecule has 0 amide bonds. The van der Waals surface area contributed by atoms with Gasteiger partial charge in [-0.3, -0.25) is 14.3 Å². The first-order chi connectivity index (χ1) is 8.51. The summed E-state index contributed by atoms with van der Waals surface area (Å²) in [5, 5.41) is 4.21. The molecule has 2 aromatic rings. The number of nitrogens with one attached hydrogen (secondary N) is 1. The summed E-state index contributed by atoms with van der Waals surface area (Å²) in [5.41, 5.74) is -0.299. The first kappa shape index (κ1) is 12.3. The van der Waals surface area contributed by atoms with E-state index in [1.54, 1.807) is 18.5 Å². The van der Waals surface area contributed by atoms with Crippen LogP contribution >= 0.6 is 0 Å². The number of H-pyrrole nitrogens is 1. The van der Waals surface area contributed by atoms with Crippen molar-refractivity contribution < 1.29 is 0 Å². The smallest absolute Gasteiger partial charge is 0.293 e. The molecule has 7 heteroatoms. The van der Waals surface area contributed by atoms with Gasteiger partial charge in [0.15, 0.2) is 0 Å². The van der Waals surface area contributed by atoms with Gasteiger partial charge in [-0.15, -0.1) is 0 Å². The Bertz CT molecular complexity index is 679. The van der Waals surface area contributed by atoms with Gasteiger partial charge >= 0.3 is 5.69 Å². The summed E-state index contributed by atoms with van der Waals surface area (Å²) in [5.74, 6) is 1.37. The fraction of sp³-hybridized carbons (Fsp3) is 0.455. The van der Waals surface area contributed by atoms with Crippen molar-refractivity contribution in [3.63, 3.8) is 0 Å². The largest absolute Gasteiger partial charge is 0.328 e. The standard InChI is InChI=1S/C11H15N5O2/c1-4-16-9(12-8(3)14-16)6-15-5-7(2)10(17)13-11(15)18/h5H,4,6H2,1-3H3,(H,13,17,18). The molecule has 2 aromatic heterocycles. The molecular formula is C11H15N5O2. The van der Waals surface area contributed by atoms with Crippen molar-refractivity contribution in [3.8, 4) is 0 Å². The second kappa shape index (κ2) is 4.59. The summed E-state index contributed by atoms with van der Waals surface area (Å²) >= 11 is 0. The maximum Gasteiger partial charge on any atom is 0.328 e. The van der Waals surface area contributed by atoms with Crippen LogP contribution in [0.25, 0.3) is 0 Å². The highest BCUT2D eigenvalue weighted by Gasteiger charge is 2.08. The van der Waals surface area contributed by atoms with Gasteiger partial charge in [-0.1, -0.05) is 0 Å². The molecule has 2 rings (SSSR count). The van der Waals surface area contributed by atoms with Gasteiger partial charge in [-0.05, 0) is 20.8 Å². The van der Waals surface area contributed by atoms with Crippen LogP contribution in [0.4, 0.5) is 0 Å². The zero-order chi connectivity index (χ0) is 13.3. The first-order valence-electron chi connectivity index (χ1n) is 5.72. The predicted molar refractivity (Wildman–Crippen MR) is 65.6 cm³/mol. The number of hydrogen-bond donors (Lipinski definition) is 1. The second-order valence-corrected chi connectivity index (χ2v) is 4.09. The van der Waals surface area contributed by atoms with Crippen molar-refractivity contribution in [2.24, 2.45) is 0 Å². The average Bonchev–Trinajstić information content (AvgIpc) is 2.66. The molecule has 0 atom stereocenters. The van der Waals surface area contributed by atoms with E-state index in [1.807, 2.05) is 6.92 Å². The van der Waals surface area contributed by atoms with E-state index in [0.717, 1.165) is 0 Å². The van der Waals surface area contributed by atoms with Crippen molar-refractivity contribution in [2.45, 2.75) is 33.9 Å². The summed E-state index contributed by atoms with van der Waals surface area (Å²) in [6.07, 6.45) is 1.53. The number of aryl methyl sites for hydroxylation is 3. The molecule has 0 spiro atoms. The molecule has 7 nitrogen and oxygen atoms in total. The first-order valence-corrected chi connectivity index (χ1v) is 5.72. The zero-order valence-electron chi connectivity index (χ0n) is 10.6. The lowest BCUT2D eigenvalue weighted by Gasteiger charge is -2.06. The zero-order valence-corrected chi connectivity index (χ0v) is 10.6. The van der Waals surface area contributed by atoms with Crippen LogP contribution in [-0.2, 0) is 13.1 Å². The molecule has 0 saturated heterocycles. The Morgan fingerprint density at radius 2 is 2.06 bits per heavy atom. The van der Waals surface area contributed by atoms with Gasteiger partial charge in [0.05, 0.1) is 6.54 Å². The van der Waals surface area contributed by atoms with Crippen molar-refractivity contribution in [3.05, 3.63) is 44.2 Å². The van der Waals surface area contributed by atoms with Crippen LogP contribution in [-0.4, -0.2) is 24.3 Å². The van der Waals surface area contributed by atoms with E-state index in [0.29, 0.717) is 30.3 Å². The molecule has 0 aliphatic rings.